The summed E-state index contributed by atoms with van der Waals surface area (Å²) in [5, 5.41) is 2.58. The monoisotopic (exact) mass is 232 g/mol. The molecule has 1 saturated heterocycles. The van der Waals surface area contributed by atoms with Gasteiger partial charge in [-0.2, -0.15) is 12.6 Å². The van der Waals surface area contributed by atoms with Gasteiger partial charge in [0.15, 0.2) is 0 Å². The Bertz CT molecular complexity index is 242. The molecule has 1 N–H and O–H groups in total. The van der Waals surface area contributed by atoms with Crippen LogP contribution in [-0.4, -0.2) is 54.8 Å². The van der Waals surface area contributed by atoms with Crippen LogP contribution >= 0.6 is 12.6 Å². The van der Waals surface area contributed by atoms with Gasteiger partial charge < -0.3 is 15.0 Å². The lowest BCUT2D eigenvalue weighted by atomic mass is 10.2. The second-order valence-corrected chi connectivity index (χ2v) is 3.70. The van der Waals surface area contributed by atoms with Crippen molar-refractivity contribution in [1.82, 2.24) is 10.2 Å². The molecule has 1 heterocycles. The van der Waals surface area contributed by atoms with Crippen molar-refractivity contribution in [2.45, 2.75) is 13.0 Å². The van der Waals surface area contributed by atoms with Crippen molar-refractivity contribution >= 4 is 24.4 Å². The Morgan fingerprint density at radius 2 is 2.07 bits per heavy atom. The maximum Gasteiger partial charge on any atom is 0.245 e. The van der Waals surface area contributed by atoms with Crippen molar-refractivity contribution in [1.29, 1.82) is 0 Å². The Morgan fingerprint density at radius 1 is 1.47 bits per heavy atom. The Hall–Kier alpha value is -0.750. The van der Waals surface area contributed by atoms with E-state index in [4.69, 9.17) is 4.74 Å². The SMILES string of the molecule is CC(NC(=O)CS)C(=O)N1CCOCC1. The number of rotatable bonds is 3. The maximum absolute atomic E-state index is 11.8. The summed E-state index contributed by atoms with van der Waals surface area (Å²) < 4.78 is 5.14. The van der Waals surface area contributed by atoms with Gasteiger partial charge in [-0.15, -0.1) is 0 Å². The fraction of sp³-hybridized carbons (Fsp3) is 0.778. The molecule has 1 rings (SSSR count). The molecule has 1 unspecified atom stereocenters. The molecular formula is C9H16N2O3S. The highest BCUT2D eigenvalue weighted by atomic mass is 32.1. The molecule has 6 heteroatoms. The number of carbonyl (C=O) groups excluding carboxylic acids is 2. The summed E-state index contributed by atoms with van der Waals surface area (Å²) in [5.41, 5.74) is 0. The van der Waals surface area contributed by atoms with Gasteiger partial charge in [0.2, 0.25) is 11.8 Å². The first kappa shape index (κ1) is 12.3. The molecule has 86 valence electrons. The quantitative estimate of drug-likeness (QED) is 0.631. The molecule has 1 aliphatic rings. The molecule has 0 bridgehead atoms. The zero-order valence-electron chi connectivity index (χ0n) is 8.73. The first-order valence-electron chi connectivity index (χ1n) is 4.92. The number of hydrogen-bond acceptors (Lipinski definition) is 4. The van der Waals surface area contributed by atoms with Gasteiger partial charge in [0.1, 0.15) is 6.04 Å². The predicted octanol–water partition coefficient (Wildman–Crippen LogP) is -0.720. The van der Waals surface area contributed by atoms with Crippen LogP contribution in [0.5, 0.6) is 0 Å². The summed E-state index contributed by atoms with van der Waals surface area (Å²) >= 11 is 3.83. The molecular weight excluding hydrogens is 216 g/mol. The van der Waals surface area contributed by atoms with Crippen LogP contribution in [0.4, 0.5) is 0 Å². The molecule has 0 aliphatic carbocycles. The zero-order chi connectivity index (χ0) is 11.3. The van der Waals surface area contributed by atoms with E-state index in [1.54, 1.807) is 11.8 Å². The van der Waals surface area contributed by atoms with Crippen molar-refractivity contribution < 1.29 is 14.3 Å². The van der Waals surface area contributed by atoms with E-state index in [-0.39, 0.29) is 17.6 Å². The number of ether oxygens (including phenoxy) is 1. The highest BCUT2D eigenvalue weighted by Crippen LogP contribution is 2.00. The Balaban J connectivity index is 2.40. The van der Waals surface area contributed by atoms with E-state index in [1.807, 2.05) is 0 Å². The molecule has 1 atom stereocenters. The van der Waals surface area contributed by atoms with Crippen LogP contribution in [0.3, 0.4) is 0 Å². The summed E-state index contributed by atoms with van der Waals surface area (Å²) in [6.45, 7) is 4.01. The van der Waals surface area contributed by atoms with E-state index in [9.17, 15) is 9.59 Å². The fourth-order valence-electron chi connectivity index (χ4n) is 1.41. The van der Waals surface area contributed by atoms with Gasteiger partial charge in [-0.1, -0.05) is 0 Å². The van der Waals surface area contributed by atoms with Crippen LogP contribution in [0.1, 0.15) is 6.92 Å². The molecule has 1 aliphatic heterocycles. The third kappa shape index (κ3) is 3.71. The lowest BCUT2D eigenvalue weighted by Crippen LogP contribution is -2.50. The second kappa shape index (κ2) is 5.97. The lowest BCUT2D eigenvalue weighted by molar-refractivity contribution is -0.139. The highest BCUT2D eigenvalue weighted by molar-refractivity contribution is 7.81. The summed E-state index contributed by atoms with van der Waals surface area (Å²) in [6, 6.07) is -0.484. The van der Waals surface area contributed by atoms with E-state index >= 15 is 0 Å². The number of thiol groups is 1. The van der Waals surface area contributed by atoms with E-state index < -0.39 is 6.04 Å². The minimum absolute atomic E-state index is 0.0616. The third-order valence-electron chi connectivity index (χ3n) is 2.21. The van der Waals surface area contributed by atoms with Crippen molar-refractivity contribution in [3.63, 3.8) is 0 Å². The normalized spacial score (nSPS) is 18.4. The number of carbonyl (C=O) groups is 2. The van der Waals surface area contributed by atoms with E-state index in [0.717, 1.165) is 0 Å². The van der Waals surface area contributed by atoms with Crippen LogP contribution in [0.15, 0.2) is 0 Å². The van der Waals surface area contributed by atoms with Crippen molar-refractivity contribution in [2.24, 2.45) is 0 Å². The van der Waals surface area contributed by atoms with Crippen LogP contribution < -0.4 is 5.32 Å². The van der Waals surface area contributed by atoms with Gasteiger partial charge in [-0.05, 0) is 6.92 Å². The van der Waals surface area contributed by atoms with Gasteiger partial charge in [-0.25, -0.2) is 0 Å². The van der Waals surface area contributed by atoms with Gasteiger partial charge >= 0.3 is 0 Å². The van der Waals surface area contributed by atoms with E-state index in [0.29, 0.717) is 26.3 Å². The summed E-state index contributed by atoms with van der Waals surface area (Å²) in [4.78, 5) is 24.5. The smallest absolute Gasteiger partial charge is 0.245 e. The van der Waals surface area contributed by atoms with Gasteiger partial charge in [0.05, 0.1) is 19.0 Å². The second-order valence-electron chi connectivity index (χ2n) is 3.38. The van der Waals surface area contributed by atoms with Crippen molar-refractivity contribution in [3.8, 4) is 0 Å². The number of amides is 2. The third-order valence-corrected chi connectivity index (χ3v) is 2.50. The molecule has 2 amide bonds. The van der Waals surface area contributed by atoms with Crippen LogP contribution in [0.25, 0.3) is 0 Å². The highest BCUT2D eigenvalue weighted by Gasteiger charge is 2.22. The van der Waals surface area contributed by atoms with Crippen molar-refractivity contribution in [3.05, 3.63) is 0 Å². The van der Waals surface area contributed by atoms with Crippen LogP contribution in [0, 0.1) is 0 Å². The molecule has 0 saturated carbocycles. The fourth-order valence-corrected chi connectivity index (χ4v) is 1.50. The first-order valence-corrected chi connectivity index (χ1v) is 5.55. The molecule has 0 aromatic heterocycles. The summed E-state index contributed by atoms with van der Waals surface area (Å²) in [7, 11) is 0. The largest absolute Gasteiger partial charge is 0.378 e. The van der Waals surface area contributed by atoms with Crippen molar-refractivity contribution in [2.75, 3.05) is 32.1 Å². The average molecular weight is 232 g/mol. The minimum Gasteiger partial charge on any atom is -0.378 e. The molecule has 0 aromatic rings. The van der Waals surface area contributed by atoms with E-state index in [2.05, 4.69) is 17.9 Å². The van der Waals surface area contributed by atoms with Crippen LogP contribution in [-0.2, 0) is 14.3 Å². The minimum atomic E-state index is -0.484. The zero-order valence-corrected chi connectivity index (χ0v) is 9.63. The summed E-state index contributed by atoms with van der Waals surface area (Å²) in [5.74, 6) is -0.193. The standard InChI is InChI=1S/C9H16N2O3S/c1-7(10-8(12)6-15)9(13)11-2-4-14-5-3-11/h7,15H,2-6H2,1H3,(H,10,12). The topological polar surface area (TPSA) is 58.6 Å². The van der Waals surface area contributed by atoms with Gasteiger partial charge in [0.25, 0.3) is 0 Å². The molecule has 15 heavy (non-hydrogen) atoms. The van der Waals surface area contributed by atoms with Crippen LogP contribution in [0.2, 0.25) is 0 Å². The molecule has 0 aromatic carbocycles. The van der Waals surface area contributed by atoms with Gasteiger partial charge in [0, 0.05) is 13.1 Å². The number of nitrogens with one attached hydrogen (secondary N) is 1. The first-order chi connectivity index (χ1) is 7.15. The predicted molar refractivity (Wildman–Crippen MR) is 58.9 cm³/mol. The average Bonchev–Trinajstić information content (AvgIpc) is 2.29. The number of nitrogens with zero attached hydrogens (tertiary/aromatic N) is 1. The Morgan fingerprint density at radius 3 is 2.60 bits per heavy atom. The Labute approximate surface area is 94.6 Å². The van der Waals surface area contributed by atoms with E-state index in [1.165, 1.54) is 0 Å². The number of hydrogen-bond donors (Lipinski definition) is 2. The molecule has 0 radical (unpaired) electrons. The summed E-state index contributed by atoms with van der Waals surface area (Å²) in [6.07, 6.45) is 0. The Kier molecular flexibility index (Phi) is 4.90. The molecule has 0 spiro atoms. The maximum atomic E-state index is 11.8. The molecule has 1 fully saturated rings. The number of morpholine rings is 1. The molecule has 5 nitrogen and oxygen atoms in total. The van der Waals surface area contributed by atoms with Gasteiger partial charge in [-0.3, -0.25) is 9.59 Å². The lowest BCUT2D eigenvalue weighted by Gasteiger charge is -2.29.